The molecule has 0 bridgehead atoms. The summed E-state index contributed by atoms with van der Waals surface area (Å²) in [5.41, 5.74) is 5.96. The van der Waals surface area contributed by atoms with Crippen molar-refractivity contribution in [3.05, 3.63) is 57.6 Å². The van der Waals surface area contributed by atoms with E-state index < -0.39 is 11.9 Å². The SMILES string of the molecule is C.CC(C)(C)c1cc(C=NC2CCCCC2N=Cc2cc(C(C)(C)C)cc(CCCN3CCC[N+]4=C3NCCC4)c2O)c(O)c(CCCN2CCC[N+]3=C2NCCC3)c1.O=C(O)C(=O)O.[Co]. The number of aliphatic carboxylic acids is 2. The van der Waals surface area contributed by atoms with E-state index in [2.05, 4.69) is 95.4 Å². The van der Waals surface area contributed by atoms with Gasteiger partial charge in [0, 0.05) is 66.0 Å². The van der Waals surface area contributed by atoms with Gasteiger partial charge in [0.2, 0.25) is 0 Å². The smallest absolute Gasteiger partial charge is 0.414 e. The molecule has 6 N–H and O–H groups in total. The van der Waals surface area contributed by atoms with Crippen molar-refractivity contribution in [3.8, 4) is 11.5 Å². The Balaban J connectivity index is 0.00000112. The van der Waals surface area contributed by atoms with Gasteiger partial charge in [-0.15, -0.1) is 0 Å². The van der Waals surface area contributed by atoms with Crippen LogP contribution in [0.1, 0.15) is 147 Å². The van der Waals surface area contributed by atoms with Crippen molar-refractivity contribution < 1.29 is 55.9 Å². The summed E-state index contributed by atoms with van der Waals surface area (Å²) in [6.45, 7) is 24.3. The second-order valence-electron chi connectivity index (χ2n) is 20.3. The number of phenols is 2. The number of aliphatic imine (C=N–C) groups is 2. The molecule has 7 rings (SSSR count). The van der Waals surface area contributed by atoms with Gasteiger partial charge in [-0.3, -0.25) is 39.6 Å². The molecule has 4 aliphatic heterocycles. The Hall–Kier alpha value is -4.63. The summed E-state index contributed by atoms with van der Waals surface area (Å²) in [7, 11) is 0. The van der Waals surface area contributed by atoms with Gasteiger partial charge in [-0.05, 0) is 83.7 Å². The van der Waals surface area contributed by atoms with Gasteiger partial charge in [0.05, 0.1) is 77.5 Å². The molecule has 1 saturated carbocycles. The van der Waals surface area contributed by atoms with Crippen LogP contribution in [0.4, 0.5) is 0 Å². The zero-order valence-electron chi connectivity index (χ0n) is 39.8. The van der Waals surface area contributed by atoms with Gasteiger partial charge in [0.15, 0.2) is 0 Å². The summed E-state index contributed by atoms with van der Waals surface area (Å²) in [5, 5.41) is 45.5. The minimum atomic E-state index is -1.82. The van der Waals surface area contributed by atoms with Gasteiger partial charge >= 0.3 is 23.9 Å². The van der Waals surface area contributed by atoms with Gasteiger partial charge in [-0.1, -0.05) is 73.9 Å². The zero-order chi connectivity index (χ0) is 46.0. The average molecular weight is 960 g/mol. The van der Waals surface area contributed by atoms with Crippen molar-refractivity contribution >= 4 is 36.3 Å². The van der Waals surface area contributed by atoms with E-state index in [1.807, 2.05) is 12.4 Å². The second-order valence-corrected chi connectivity index (χ2v) is 20.3. The van der Waals surface area contributed by atoms with Crippen LogP contribution in [0.15, 0.2) is 34.3 Å². The first-order valence-electron chi connectivity index (χ1n) is 24.0. The topological polar surface area (TPSA) is 176 Å². The summed E-state index contributed by atoms with van der Waals surface area (Å²) in [4.78, 5) is 33.6. The number of carboxylic acids is 2. The Morgan fingerprint density at radius 3 is 1.39 bits per heavy atom. The Bertz CT molecular complexity index is 1950. The van der Waals surface area contributed by atoms with E-state index in [1.165, 1.54) is 48.7 Å². The van der Waals surface area contributed by atoms with Crippen LogP contribution < -0.4 is 10.6 Å². The minimum absolute atomic E-state index is 0. The first-order valence-corrected chi connectivity index (χ1v) is 24.0. The number of nitrogens with zero attached hydrogens (tertiary/aromatic N) is 6. The number of nitrogens with one attached hydrogen (secondary N) is 2. The van der Waals surface area contributed by atoms with E-state index in [1.54, 1.807) is 0 Å². The number of phenolic OH excluding ortho intramolecular Hbond substituents is 2. The van der Waals surface area contributed by atoms with Crippen LogP contribution in [-0.2, 0) is 50.0 Å². The monoisotopic (exact) mass is 960 g/mol. The number of aryl methyl sites for hydroxylation is 2. The van der Waals surface area contributed by atoms with Gasteiger partial charge in [0.25, 0.3) is 0 Å². The van der Waals surface area contributed by atoms with E-state index in [0.29, 0.717) is 11.5 Å². The van der Waals surface area contributed by atoms with Gasteiger partial charge in [-0.2, -0.15) is 0 Å². The summed E-state index contributed by atoms with van der Waals surface area (Å²) < 4.78 is 5.01. The van der Waals surface area contributed by atoms with E-state index in [0.717, 1.165) is 139 Å². The van der Waals surface area contributed by atoms with Crippen LogP contribution in [-0.4, -0.2) is 153 Å². The molecule has 2 aromatic carbocycles. The number of carboxylic acid groups (broad SMARTS) is 2. The van der Waals surface area contributed by atoms with Crippen LogP contribution in [0.3, 0.4) is 0 Å². The molecule has 0 amide bonds. The molecule has 15 heteroatoms. The maximum absolute atomic E-state index is 11.7. The quantitative estimate of drug-likeness (QED) is 0.0802. The Morgan fingerprint density at radius 2 is 1.03 bits per heavy atom. The molecule has 1 fully saturated rings. The maximum Gasteiger partial charge on any atom is 0.414 e. The van der Waals surface area contributed by atoms with Crippen LogP contribution in [0.2, 0.25) is 0 Å². The number of guanidine groups is 2. The molecule has 4 heterocycles. The number of rotatable bonds is 12. The van der Waals surface area contributed by atoms with E-state index in [4.69, 9.17) is 29.8 Å². The van der Waals surface area contributed by atoms with E-state index in [9.17, 15) is 10.2 Å². The molecular formula is C51H80CoN8O6+2. The minimum Gasteiger partial charge on any atom is -0.507 e. The fraction of sp³-hybridized carbons (Fsp3) is 0.647. The Labute approximate surface area is 404 Å². The Morgan fingerprint density at radius 1 is 0.652 bits per heavy atom. The van der Waals surface area contributed by atoms with E-state index >= 15 is 0 Å². The predicted molar refractivity (Wildman–Crippen MR) is 261 cm³/mol. The molecule has 2 unspecified atom stereocenters. The molecule has 66 heavy (non-hydrogen) atoms. The van der Waals surface area contributed by atoms with Crippen molar-refractivity contribution in [2.24, 2.45) is 9.98 Å². The van der Waals surface area contributed by atoms with Crippen molar-refractivity contribution in [1.82, 2.24) is 20.4 Å². The second kappa shape index (κ2) is 24.4. The van der Waals surface area contributed by atoms with Gasteiger partial charge < -0.3 is 20.4 Å². The Kier molecular flexibility index (Phi) is 20.0. The maximum atomic E-state index is 11.7. The zero-order valence-corrected chi connectivity index (χ0v) is 40.8. The van der Waals surface area contributed by atoms with Crippen molar-refractivity contribution in [1.29, 1.82) is 0 Å². The van der Waals surface area contributed by atoms with Crippen molar-refractivity contribution in [2.45, 2.75) is 149 Å². The predicted octanol–water partition coefficient (Wildman–Crippen LogP) is 6.33. The van der Waals surface area contributed by atoms with Crippen LogP contribution >= 0.6 is 0 Å². The van der Waals surface area contributed by atoms with E-state index in [-0.39, 0.29) is 47.1 Å². The molecule has 0 spiro atoms. The number of hydrogen-bond acceptors (Lipinski definition) is 10. The van der Waals surface area contributed by atoms with Crippen molar-refractivity contribution in [2.75, 3.05) is 65.4 Å². The number of aromatic hydroxyl groups is 2. The molecular weight excluding hydrogens is 880 g/mol. The third kappa shape index (κ3) is 14.4. The largest absolute Gasteiger partial charge is 0.507 e. The molecule has 1 radical (unpaired) electrons. The van der Waals surface area contributed by atoms with Crippen LogP contribution in [0.25, 0.3) is 0 Å². The molecule has 367 valence electrons. The summed E-state index contributed by atoms with van der Waals surface area (Å²) in [6, 6.07) is 8.75. The first-order chi connectivity index (χ1) is 30.5. The summed E-state index contributed by atoms with van der Waals surface area (Å²) in [5.74, 6) is -0.324. The molecule has 1 aliphatic carbocycles. The number of benzene rings is 2. The van der Waals surface area contributed by atoms with Gasteiger partial charge in [0.1, 0.15) is 11.5 Å². The first kappa shape index (κ1) is 54.0. The summed E-state index contributed by atoms with van der Waals surface area (Å²) in [6.07, 6.45) is 16.4. The normalized spacial score (nSPS) is 20.0. The standard InChI is InChI=1S/C48H72N8O2.C2H2O4.CH4.Co/c1-47(2,3)39-29-35(15-9-21-53-25-13-27-55-23-11-19-49-45(53)55)43(57)37(31-39)33-51-41-17-7-8-18-42(41)52-34-38-32-40(48(4,5)6)30-36(44(38)58)16-10-22-54-26-14-28-56-24-12-20-50-46(54)56;3-1(4)2(5)6;;/h29-34,41-42H,7-28H2,1-6H3,(H2,51,52,57,58);(H,3,4)(H,5,6);1H4;/p+2. The fourth-order valence-electron chi connectivity index (χ4n) is 9.58. The molecule has 5 aliphatic rings. The van der Waals surface area contributed by atoms with Crippen LogP contribution in [0.5, 0.6) is 11.5 Å². The molecule has 2 atom stereocenters. The molecule has 0 aromatic heterocycles. The van der Waals surface area contributed by atoms with Gasteiger partial charge in [-0.25, -0.2) is 9.59 Å². The average Bonchev–Trinajstić information content (AvgIpc) is 3.26. The fourth-order valence-corrected chi connectivity index (χ4v) is 9.58. The third-order valence-electron chi connectivity index (χ3n) is 13.3. The van der Waals surface area contributed by atoms with Crippen LogP contribution in [0, 0.1) is 0 Å². The van der Waals surface area contributed by atoms with Crippen molar-refractivity contribution in [3.63, 3.8) is 0 Å². The number of carbonyl (C=O) groups is 2. The molecule has 0 saturated heterocycles. The third-order valence-corrected chi connectivity index (χ3v) is 13.3. The number of hydrogen-bond donors (Lipinski definition) is 6. The molecule has 14 nitrogen and oxygen atoms in total. The summed E-state index contributed by atoms with van der Waals surface area (Å²) >= 11 is 0. The molecule has 2 aromatic rings.